The lowest BCUT2D eigenvalue weighted by atomic mass is 10.1. The maximum atomic E-state index is 6.52. The topological polar surface area (TPSA) is 37.5 Å². The Morgan fingerprint density at radius 1 is 1.26 bits per heavy atom. The molecule has 1 aliphatic rings. The summed E-state index contributed by atoms with van der Waals surface area (Å²) in [6, 6.07) is 6.76. The third-order valence-electron chi connectivity index (χ3n) is 6.58. The molecule has 0 radical (unpaired) electrons. The molecule has 1 N–H and O–H groups in total. The van der Waals surface area contributed by atoms with Gasteiger partial charge in [-0.25, -0.2) is 0 Å². The minimum atomic E-state index is -1.67. The van der Waals surface area contributed by atoms with Crippen LogP contribution in [0.2, 0.25) is 18.1 Å². The summed E-state index contributed by atoms with van der Waals surface area (Å²) >= 11 is 0. The van der Waals surface area contributed by atoms with Crippen LogP contribution in [-0.2, 0) is 10.8 Å². The Morgan fingerprint density at radius 3 is 2.74 bits per heavy atom. The molecule has 1 fully saturated rings. The molecule has 0 saturated carbocycles. The van der Waals surface area contributed by atoms with Crippen molar-refractivity contribution in [3.63, 3.8) is 0 Å². The number of nitrogens with one attached hydrogen (secondary N) is 1. The molecule has 3 rings (SSSR count). The highest BCUT2D eigenvalue weighted by Gasteiger charge is 2.38. The van der Waals surface area contributed by atoms with Crippen molar-refractivity contribution in [3.8, 4) is 5.75 Å². The molecule has 150 valence electrons. The van der Waals surface area contributed by atoms with Crippen LogP contribution in [0.3, 0.4) is 0 Å². The molecule has 0 bridgehead atoms. The van der Waals surface area contributed by atoms with E-state index in [0.717, 1.165) is 30.8 Å². The van der Waals surface area contributed by atoms with Gasteiger partial charge in [0.05, 0.1) is 7.11 Å². The Hall–Kier alpha value is -1.30. The van der Waals surface area contributed by atoms with Gasteiger partial charge in [0.1, 0.15) is 5.75 Å². The Balaban J connectivity index is 1.63. The van der Waals surface area contributed by atoms with Gasteiger partial charge in [-0.05, 0) is 61.6 Å². The summed E-state index contributed by atoms with van der Waals surface area (Å²) < 4.78 is 12.1. The second-order valence-corrected chi connectivity index (χ2v) is 14.2. The number of aromatic nitrogens is 1. The summed E-state index contributed by atoms with van der Waals surface area (Å²) in [5.74, 6) is 0.961. The number of H-pyrrole nitrogens is 1. The fourth-order valence-corrected chi connectivity index (χ4v) is 4.79. The quantitative estimate of drug-likeness (QED) is 0.662. The van der Waals surface area contributed by atoms with Gasteiger partial charge in [0, 0.05) is 36.3 Å². The van der Waals surface area contributed by atoms with Crippen molar-refractivity contribution in [2.24, 2.45) is 0 Å². The number of fused-ring (bicyclic) bond motifs is 1. The standard InChI is InChI=1S/C22H36N2O2Si/c1-22(2,3)27(5,6)26-16-18-9-8-13-24(18)14-12-17-15-23-19-10-7-11-20(25-4)21(17)19/h7,10-11,15,18,23H,8-9,12-14,16H2,1-6H3. The maximum absolute atomic E-state index is 6.52. The zero-order valence-corrected chi connectivity index (χ0v) is 18.9. The van der Waals surface area contributed by atoms with E-state index in [-0.39, 0.29) is 5.04 Å². The highest BCUT2D eigenvalue weighted by molar-refractivity contribution is 6.74. The van der Waals surface area contributed by atoms with E-state index >= 15 is 0 Å². The molecule has 1 unspecified atom stereocenters. The molecule has 27 heavy (non-hydrogen) atoms. The van der Waals surface area contributed by atoms with Crippen molar-refractivity contribution in [2.75, 3.05) is 26.8 Å². The Bertz CT molecular complexity index is 763. The van der Waals surface area contributed by atoms with E-state index in [1.807, 2.05) is 12.1 Å². The monoisotopic (exact) mass is 388 g/mol. The van der Waals surface area contributed by atoms with Crippen LogP contribution in [0.5, 0.6) is 5.75 Å². The molecule has 1 aromatic heterocycles. The summed E-state index contributed by atoms with van der Waals surface area (Å²) in [4.78, 5) is 6.02. The van der Waals surface area contributed by atoms with E-state index in [1.54, 1.807) is 7.11 Å². The largest absolute Gasteiger partial charge is 0.496 e. The van der Waals surface area contributed by atoms with E-state index < -0.39 is 8.32 Å². The molecule has 2 heterocycles. The second kappa shape index (κ2) is 7.98. The molecular formula is C22H36N2O2Si. The van der Waals surface area contributed by atoms with Crippen LogP contribution in [0.15, 0.2) is 24.4 Å². The van der Waals surface area contributed by atoms with E-state index in [1.165, 1.54) is 30.3 Å². The molecule has 1 aliphatic heterocycles. The summed E-state index contributed by atoms with van der Waals surface area (Å²) in [5, 5.41) is 1.50. The predicted molar refractivity (Wildman–Crippen MR) is 116 cm³/mol. The van der Waals surface area contributed by atoms with Gasteiger partial charge in [-0.15, -0.1) is 0 Å². The molecule has 0 spiro atoms. The van der Waals surface area contributed by atoms with Gasteiger partial charge in [0.15, 0.2) is 8.32 Å². The van der Waals surface area contributed by atoms with Gasteiger partial charge in [0.25, 0.3) is 0 Å². The number of ether oxygens (including phenoxy) is 1. The lowest BCUT2D eigenvalue weighted by Gasteiger charge is -2.38. The third kappa shape index (κ3) is 4.41. The minimum Gasteiger partial charge on any atom is -0.496 e. The first-order valence-electron chi connectivity index (χ1n) is 10.2. The van der Waals surface area contributed by atoms with Crippen molar-refractivity contribution in [2.45, 2.75) is 64.2 Å². The lowest BCUT2D eigenvalue weighted by Crippen LogP contribution is -2.45. The van der Waals surface area contributed by atoms with Crippen LogP contribution < -0.4 is 4.74 Å². The molecule has 1 aromatic carbocycles. The van der Waals surface area contributed by atoms with Gasteiger partial charge < -0.3 is 14.1 Å². The first-order chi connectivity index (χ1) is 12.7. The van der Waals surface area contributed by atoms with Gasteiger partial charge in [-0.1, -0.05) is 26.8 Å². The minimum absolute atomic E-state index is 0.275. The van der Waals surface area contributed by atoms with Crippen LogP contribution >= 0.6 is 0 Å². The fraction of sp³-hybridized carbons (Fsp3) is 0.636. The Morgan fingerprint density at radius 2 is 2.04 bits per heavy atom. The number of aromatic amines is 1. The summed E-state index contributed by atoms with van der Waals surface area (Å²) in [6.45, 7) is 14.8. The van der Waals surface area contributed by atoms with Gasteiger partial charge >= 0.3 is 0 Å². The van der Waals surface area contributed by atoms with Crippen molar-refractivity contribution in [1.82, 2.24) is 9.88 Å². The van der Waals surface area contributed by atoms with Crippen molar-refractivity contribution in [3.05, 3.63) is 30.0 Å². The Labute approximate surface area is 165 Å². The number of likely N-dealkylation sites (tertiary alicyclic amines) is 1. The fourth-order valence-electron chi connectivity index (χ4n) is 3.75. The average molecular weight is 389 g/mol. The van der Waals surface area contributed by atoms with Gasteiger partial charge in [-0.2, -0.15) is 0 Å². The van der Waals surface area contributed by atoms with Crippen LogP contribution in [0.4, 0.5) is 0 Å². The van der Waals surface area contributed by atoms with Gasteiger partial charge in [0.2, 0.25) is 0 Å². The van der Waals surface area contributed by atoms with Crippen LogP contribution in [0.1, 0.15) is 39.2 Å². The van der Waals surface area contributed by atoms with Crippen LogP contribution in [-0.4, -0.2) is 51.0 Å². The molecule has 2 aromatic rings. The predicted octanol–water partition coefficient (Wildman–Crippen LogP) is 5.21. The van der Waals surface area contributed by atoms with Crippen LogP contribution in [0.25, 0.3) is 10.9 Å². The molecule has 0 aliphatic carbocycles. The first-order valence-corrected chi connectivity index (χ1v) is 13.1. The number of hydrogen-bond donors (Lipinski definition) is 1. The Kier molecular flexibility index (Phi) is 6.04. The summed E-state index contributed by atoms with van der Waals surface area (Å²) in [5.41, 5.74) is 2.50. The van der Waals surface area contributed by atoms with Crippen molar-refractivity contribution >= 4 is 19.2 Å². The lowest BCUT2D eigenvalue weighted by molar-refractivity contribution is 0.164. The normalized spacial score (nSPS) is 19.1. The molecule has 1 saturated heterocycles. The zero-order valence-electron chi connectivity index (χ0n) is 17.9. The maximum Gasteiger partial charge on any atom is 0.192 e. The number of methoxy groups -OCH3 is 1. The highest BCUT2D eigenvalue weighted by Crippen LogP contribution is 2.37. The average Bonchev–Trinajstić information content (AvgIpc) is 3.23. The highest BCUT2D eigenvalue weighted by atomic mass is 28.4. The molecule has 4 nitrogen and oxygen atoms in total. The second-order valence-electron chi connectivity index (χ2n) is 9.35. The third-order valence-corrected chi connectivity index (χ3v) is 11.1. The molecule has 1 atom stereocenters. The van der Waals surface area contributed by atoms with Gasteiger partial charge in [-0.3, -0.25) is 4.90 Å². The number of nitrogens with zero attached hydrogens (tertiary/aromatic N) is 1. The van der Waals surface area contributed by atoms with E-state index in [0.29, 0.717) is 6.04 Å². The van der Waals surface area contributed by atoms with E-state index in [2.05, 4.69) is 56.0 Å². The number of rotatable bonds is 7. The van der Waals surface area contributed by atoms with Crippen molar-refractivity contribution < 1.29 is 9.16 Å². The molecule has 5 heteroatoms. The summed E-state index contributed by atoms with van der Waals surface area (Å²) in [6.07, 6.45) is 5.72. The van der Waals surface area contributed by atoms with Crippen molar-refractivity contribution in [1.29, 1.82) is 0 Å². The summed E-state index contributed by atoms with van der Waals surface area (Å²) in [7, 11) is 0.0753. The molecule has 0 amide bonds. The van der Waals surface area contributed by atoms with Crippen LogP contribution in [0, 0.1) is 0 Å². The SMILES string of the molecule is COc1cccc2[nH]cc(CCN3CCCC3CO[Si](C)(C)C(C)(C)C)c12. The number of hydrogen-bond acceptors (Lipinski definition) is 3. The molecular weight excluding hydrogens is 352 g/mol. The van der Waals surface area contributed by atoms with E-state index in [9.17, 15) is 0 Å². The number of benzene rings is 1. The van der Waals surface area contributed by atoms with E-state index in [4.69, 9.17) is 9.16 Å². The first kappa shape index (κ1) is 20.4. The zero-order chi connectivity index (χ0) is 19.7. The smallest absolute Gasteiger partial charge is 0.192 e.